The number of imidazole rings is 1. The third-order valence-corrected chi connectivity index (χ3v) is 4.68. The number of hydrogen-bond acceptors (Lipinski definition) is 4. The fraction of sp³-hybridized carbons (Fsp3) is 0.182. The SMILES string of the molecule is Cc1ccc(Cn2cnc3cc(-c4cccc([C@H](O)CO)n4)ccc32)cc1. The Labute approximate surface area is 157 Å². The summed E-state index contributed by atoms with van der Waals surface area (Å²) in [5.41, 5.74) is 6.57. The molecular weight excluding hydrogens is 338 g/mol. The van der Waals surface area contributed by atoms with Crippen molar-refractivity contribution in [1.82, 2.24) is 14.5 Å². The maximum Gasteiger partial charge on any atom is 0.119 e. The number of benzene rings is 2. The summed E-state index contributed by atoms with van der Waals surface area (Å²) in [4.78, 5) is 9.00. The van der Waals surface area contributed by atoms with E-state index in [4.69, 9.17) is 5.11 Å². The van der Waals surface area contributed by atoms with E-state index in [0.717, 1.165) is 28.8 Å². The van der Waals surface area contributed by atoms with Gasteiger partial charge in [-0.05, 0) is 36.8 Å². The second kappa shape index (κ2) is 7.31. The molecule has 0 unspecified atom stereocenters. The Bertz CT molecular complexity index is 1070. The monoisotopic (exact) mass is 359 g/mol. The second-order valence-electron chi connectivity index (χ2n) is 6.71. The summed E-state index contributed by atoms with van der Waals surface area (Å²) in [5.74, 6) is 0. The molecule has 0 bridgehead atoms. The summed E-state index contributed by atoms with van der Waals surface area (Å²) in [5, 5.41) is 18.9. The summed E-state index contributed by atoms with van der Waals surface area (Å²) in [7, 11) is 0. The fourth-order valence-electron chi connectivity index (χ4n) is 3.13. The Morgan fingerprint density at radius 1 is 1.04 bits per heavy atom. The molecule has 27 heavy (non-hydrogen) atoms. The lowest BCUT2D eigenvalue weighted by Crippen LogP contribution is -2.05. The highest BCUT2D eigenvalue weighted by molar-refractivity contribution is 5.81. The number of aryl methyl sites for hydroxylation is 1. The maximum atomic E-state index is 9.80. The van der Waals surface area contributed by atoms with Gasteiger partial charge in [-0.2, -0.15) is 0 Å². The summed E-state index contributed by atoms with van der Waals surface area (Å²) in [6, 6.07) is 20.0. The average Bonchev–Trinajstić information content (AvgIpc) is 3.11. The number of aliphatic hydroxyl groups is 2. The lowest BCUT2D eigenvalue weighted by atomic mass is 10.1. The van der Waals surface area contributed by atoms with Crippen molar-refractivity contribution in [3.63, 3.8) is 0 Å². The molecule has 0 saturated heterocycles. The van der Waals surface area contributed by atoms with Gasteiger partial charge in [-0.25, -0.2) is 9.97 Å². The Morgan fingerprint density at radius 3 is 2.63 bits per heavy atom. The zero-order chi connectivity index (χ0) is 18.8. The molecule has 0 spiro atoms. The largest absolute Gasteiger partial charge is 0.393 e. The van der Waals surface area contributed by atoms with E-state index >= 15 is 0 Å². The predicted octanol–water partition coefficient (Wildman–Crippen LogP) is 3.48. The zero-order valence-electron chi connectivity index (χ0n) is 15.1. The van der Waals surface area contributed by atoms with Crippen molar-refractivity contribution in [2.75, 3.05) is 6.61 Å². The topological polar surface area (TPSA) is 71.2 Å². The van der Waals surface area contributed by atoms with Crippen molar-refractivity contribution in [2.24, 2.45) is 0 Å². The van der Waals surface area contributed by atoms with Crippen LogP contribution in [0.1, 0.15) is 22.9 Å². The molecule has 2 aromatic heterocycles. The number of aromatic nitrogens is 3. The minimum atomic E-state index is -0.970. The first kappa shape index (κ1) is 17.4. The molecule has 2 heterocycles. The molecule has 5 heteroatoms. The van der Waals surface area contributed by atoms with Crippen LogP contribution >= 0.6 is 0 Å². The number of nitrogens with zero attached hydrogens (tertiary/aromatic N) is 3. The first-order valence-corrected chi connectivity index (χ1v) is 8.91. The second-order valence-corrected chi connectivity index (χ2v) is 6.71. The van der Waals surface area contributed by atoms with Gasteiger partial charge < -0.3 is 14.8 Å². The van der Waals surface area contributed by atoms with Crippen LogP contribution in [0.15, 0.2) is 67.0 Å². The minimum Gasteiger partial charge on any atom is -0.393 e. The standard InChI is InChI=1S/C22H21N3O2/c1-15-5-7-16(8-6-15)12-25-14-23-20-11-17(9-10-21(20)25)18-3-2-4-19(24-18)22(27)13-26/h2-11,14,22,26-27H,12-13H2,1H3/t22-/m1/s1. The normalized spacial score (nSPS) is 12.4. The van der Waals surface area contributed by atoms with E-state index in [9.17, 15) is 5.11 Å². The number of fused-ring (bicyclic) bond motifs is 1. The number of hydrogen-bond donors (Lipinski definition) is 2. The first-order chi connectivity index (χ1) is 13.1. The molecule has 0 fully saturated rings. The summed E-state index contributed by atoms with van der Waals surface area (Å²) >= 11 is 0. The van der Waals surface area contributed by atoms with E-state index in [1.165, 1.54) is 11.1 Å². The van der Waals surface area contributed by atoms with Crippen LogP contribution in [0, 0.1) is 6.92 Å². The molecule has 0 aliphatic heterocycles. The highest BCUT2D eigenvalue weighted by atomic mass is 16.3. The summed E-state index contributed by atoms with van der Waals surface area (Å²) in [6.45, 7) is 2.51. The third-order valence-electron chi connectivity index (χ3n) is 4.68. The molecule has 0 radical (unpaired) electrons. The quantitative estimate of drug-likeness (QED) is 0.572. The van der Waals surface area contributed by atoms with Crippen LogP contribution < -0.4 is 0 Å². The molecule has 4 rings (SSSR count). The van der Waals surface area contributed by atoms with Crippen molar-refractivity contribution in [1.29, 1.82) is 0 Å². The Hall–Kier alpha value is -3.02. The van der Waals surface area contributed by atoms with Gasteiger partial charge in [0.2, 0.25) is 0 Å². The van der Waals surface area contributed by atoms with Crippen LogP contribution in [0.2, 0.25) is 0 Å². The Kier molecular flexibility index (Phi) is 4.71. The van der Waals surface area contributed by atoms with E-state index in [-0.39, 0.29) is 6.61 Å². The van der Waals surface area contributed by atoms with Gasteiger partial charge in [0.25, 0.3) is 0 Å². The highest BCUT2D eigenvalue weighted by Crippen LogP contribution is 2.24. The smallest absolute Gasteiger partial charge is 0.119 e. The van der Waals surface area contributed by atoms with E-state index in [2.05, 4.69) is 45.7 Å². The highest BCUT2D eigenvalue weighted by Gasteiger charge is 2.10. The molecule has 136 valence electrons. The molecule has 2 aromatic carbocycles. The van der Waals surface area contributed by atoms with Crippen LogP contribution in [-0.2, 0) is 6.54 Å². The molecule has 5 nitrogen and oxygen atoms in total. The molecular formula is C22H21N3O2. The van der Waals surface area contributed by atoms with E-state index in [1.54, 1.807) is 6.07 Å². The van der Waals surface area contributed by atoms with Gasteiger partial charge in [-0.15, -0.1) is 0 Å². The van der Waals surface area contributed by atoms with Crippen molar-refractivity contribution >= 4 is 11.0 Å². The molecule has 2 N–H and O–H groups in total. The first-order valence-electron chi connectivity index (χ1n) is 8.91. The lowest BCUT2D eigenvalue weighted by Gasteiger charge is -2.09. The lowest BCUT2D eigenvalue weighted by molar-refractivity contribution is 0.0923. The van der Waals surface area contributed by atoms with Crippen molar-refractivity contribution in [3.8, 4) is 11.3 Å². The van der Waals surface area contributed by atoms with Crippen LogP contribution in [0.25, 0.3) is 22.3 Å². The molecule has 0 saturated carbocycles. The van der Waals surface area contributed by atoms with Crippen molar-refractivity contribution < 1.29 is 10.2 Å². The van der Waals surface area contributed by atoms with Gasteiger partial charge in [-0.3, -0.25) is 0 Å². The Balaban J connectivity index is 1.65. The zero-order valence-corrected chi connectivity index (χ0v) is 15.1. The molecule has 0 aliphatic carbocycles. The Morgan fingerprint density at radius 2 is 1.85 bits per heavy atom. The fourth-order valence-corrected chi connectivity index (χ4v) is 3.13. The van der Waals surface area contributed by atoms with Gasteiger partial charge in [0, 0.05) is 12.1 Å². The summed E-state index contributed by atoms with van der Waals surface area (Å²) in [6.07, 6.45) is 0.885. The van der Waals surface area contributed by atoms with E-state index in [0.29, 0.717) is 5.69 Å². The minimum absolute atomic E-state index is 0.348. The van der Waals surface area contributed by atoms with Crippen LogP contribution in [0.3, 0.4) is 0 Å². The van der Waals surface area contributed by atoms with Gasteiger partial charge in [0.15, 0.2) is 0 Å². The maximum absolute atomic E-state index is 9.80. The number of pyridine rings is 1. The average molecular weight is 359 g/mol. The van der Waals surface area contributed by atoms with Crippen molar-refractivity contribution in [2.45, 2.75) is 19.6 Å². The van der Waals surface area contributed by atoms with E-state index in [1.807, 2.05) is 36.7 Å². The predicted molar refractivity (Wildman–Crippen MR) is 105 cm³/mol. The number of rotatable bonds is 5. The third kappa shape index (κ3) is 3.60. The molecule has 4 aromatic rings. The van der Waals surface area contributed by atoms with Crippen LogP contribution in [0.5, 0.6) is 0 Å². The molecule has 0 aliphatic rings. The summed E-state index contributed by atoms with van der Waals surface area (Å²) < 4.78 is 2.13. The van der Waals surface area contributed by atoms with Gasteiger partial charge in [-0.1, -0.05) is 42.0 Å². The molecule has 1 atom stereocenters. The van der Waals surface area contributed by atoms with Gasteiger partial charge in [0.05, 0.1) is 35.4 Å². The van der Waals surface area contributed by atoms with Gasteiger partial charge >= 0.3 is 0 Å². The van der Waals surface area contributed by atoms with Crippen LogP contribution in [0.4, 0.5) is 0 Å². The molecule has 0 amide bonds. The van der Waals surface area contributed by atoms with Crippen molar-refractivity contribution in [3.05, 3.63) is 83.8 Å². The van der Waals surface area contributed by atoms with Gasteiger partial charge in [0.1, 0.15) is 6.10 Å². The van der Waals surface area contributed by atoms with E-state index < -0.39 is 6.10 Å². The van der Waals surface area contributed by atoms with Crippen LogP contribution in [-0.4, -0.2) is 31.4 Å². The number of aliphatic hydroxyl groups excluding tert-OH is 2.